The second-order valence-electron chi connectivity index (χ2n) is 6.14. The number of amides is 1. The van der Waals surface area contributed by atoms with E-state index in [0.717, 1.165) is 5.75 Å². The summed E-state index contributed by atoms with van der Waals surface area (Å²) in [5.74, 6) is 2.25. The Morgan fingerprint density at radius 2 is 1.71 bits per heavy atom. The van der Waals surface area contributed by atoms with Crippen LogP contribution in [-0.2, 0) is 9.53 Å². The van der Waals surface area contributed by atoms with Crippen molar-refractivity contribution in [1.29, 1.82) is 0 Å². The lowest BCUT2D eigenvalue weighted by Gasteiger charge is -2.21. The van der Waals surface area contributed by atoms with E-state index < -0.39 is 5.97 Å². The zero-order chi connectivity index (χ0) is 19.6. The van der Waals surface area contributed by atoms with Crippen LogP contribution in [0.2, 0.25) is 0 Å². The van der Waals surface area contributed by atoms with Crippen molar-refractivity contribution in [2.24, 2.45) is 0 Å². The minimum atomic E-state index is -0.494. The Balaban J connectivity index is 1.35. The molecule has 0 bridgehead atoms. The molecule has 0 spiro atoms. The van der Waals surface area contributed by atoms with Crippen molar-refractivity contribution >= 4 is 35.4 Å². The van der Waals surface area contributed by atoms with Gasteiger partial charge in [-0.2, -0.15) is 0 Å². The van der Waals surface area contributed by atoms with Gasteiger partial charge in [-0.05, 0) is 47.8 Å². The third-order valence-electron chi connectivity index (χ3n) is 4.02. The molecule has 0 unspecified atom stereocenters. The maximum Gasteiger partial charge on any atom is 0.338 e. The van der Waals surface area contributed by atoms with Gasteiger partial charge in [-0.1, -0.05) is 30.3 Å². The number of ether oxygens (including phenoxy) is 2. The Morgan fingerprint density at radius 3 is 2.43 bits per heavy atom. The highest BCUT2D eigenvalue weighted by Gasteiger charge is 2.17. The predicted molar refractivity (Wildman–Crippen MR) is 114 cm³/mol. The molecule has 1 aliphatic heterocycles. The zero-order valence-corrected chi connectivity index (χ0v) is 17.1. The van der Waals surface area contributed by atoms with Crippen LogP contribution in [-0.4, -0.2) is 43.1 Å². The first kappa shape index (κ1) is 20.6. The van der Waals surface area contributed by atoms with E-state index in [1.54, 1.807) is 12.1 Å². The summed E-state index contributed by atoms with van der Waals surface area (Å²) in [6.45, 7) is 0.388. The molecule has 1 N–H and O–H groups in total. The average Bonchev–Trinajstić information content (AvgIpc) is 2.76. The topological polar surface area (TPSA) is 64.6 Å². The SMILES string of the molecule is O=C(COC(=O)c1ccc(C2SCCCS2)cc1)NCCOc1ccccc1. The molecular weight excluding hydrogens is 394 g/mol. The molecule has 2 aromatic carbocycles. The summed E-state index contributed by atoms with van der Waals surface area (Å²) in [7, 11) is 0. The molecule has 0 radical (unpaired) electrons. The average molecular weight is 418 g/mol. The highest BCUT2D eigenvalue weighted by Crippen LogP contribution is 2.43. The summed E-state index contributed by atoms with van der Waals surface area (Å²) in [5.41, 5.74) is 1.66. The smallest absolute Gasteiger partial charge is 0.338 e. The second-order valence-corrected chi connectivity index (χ2v) is 8.86. The Labute approximate surface area is 173 Å². The summed E-state index contributed by atoms with van der Waals surface area (Å²) in [6, 6.07) is 16.8. The number of rotatable bonds is 8. The Hall–Kier alpha value is -2.12. The van der Waals surface area contributed by atoms with Crippen molar-refractivity contribution in [2.75, 3.05) is 31.3 Å². The molecule has 1 aliphatic rings. The molecule has 0 saturated carbocycles. The highest BCUT2D eigenvalue weighted by atomic mass is 32.2. The van der Waals surface area contributed by atoms with Crippen LogP contribution in [0.3, 0.4) is 0 Å². The maximum absolute atomic E-state index is 12.1. The molecule has 0 aromatic heterocycles. The molecule has 28 heavy (non-hydrogen) atoms. The lowest BCUT2D eigenvalue weighted by Crippen LogP contribution is -2.32. The maximum atomic E-state index is 12.1. The van der Waals surface area contributed by atoms with Crippen molar-refractivity contribution in [3.05, 3.63) is 65.7 Å². The van der Waals surface area contributed by atoms with Crippen molar-refractivity contribution in [3.8, 4) is 5.75 Å². The van der Waals surface area contributed by atoms with E-state index in [4.69, 9.17) is 9.47 Å². The molecule has 0 atom stereocenters. The highest BCUT2D eigenvalue weighted by molar-refractivity contribution is 8.16. The fraction of sp³-hybridized carbons (Fsp3) is 0.333. The molecule has 3 rings (SSSR count). The Kier molecular flexibility index (Phi) is 8.11. The van der Waals surface area contributed by atoms with Gasteiger partial charge in [0, 0.05) is 0 Å². The van der Waals surface area contributed by atoms with Crippen molar-refractivity contribution in [3.63, 3.8) is 0 Å². The van der Waals surface area contributed by atoms with Crippen LogP contribution < -0.4 is 10.1 Å². The van der Waals surface area contributed by atoms with Crippen molar-refractivity contribution in [2.45, 2.75) is 11.0 Å². The minimum absolute atomic E-state index is 0.305. The molecule has 1 fully saturated rings. The standard InChI is InChI=1S/C21H23NO4S2/c23-19(22-11-12-25-18-5-2-1-3-6-18)15-26-20(24)16-7-9-17(10-8-16)21-27-13-4-14-28-21/h1-3,5-10,21H,4,11-15H2,(H,22,23). The molecular formula is C21H23NO4S2. The summed E-state index contributed by atoms with van der Waals surface area (Å²) < 4.78 is 11.0. The van der Waals surface area contributed by atoms with Crippen molar-refractivity contribution in [1.82, 2.24) is 5.32 Å². The van der Waals surface area contributed by atoms with E-state index in [-0.39, 0.29) is 12.5 Å². The minimum Gasteiger partial charge on any atom is -0.492 e. The normalized spacial score (nSPS) is 14.3. The molecule has 0 aliphatic carbocycles. The van der Waals surface area contributed by atoms with Gasteiger partial charge < -0.3 is 14.8 Å². The number of carbonyl (C=O) groups excluding carboxylic acids is 2. The van der Waals surface area contributed by atoms with E-state index in [1.165, 1.54) is 23.5 Å². The molecule has 1 saturated heterocycles. The van der Waals surface area contributed by atoms with Gasteiger partial charge in [-0.3, -0.25) is 4.79 Å². The number of carbonyl (C=O) groups is 2. The molecule has 1 amide bonds. The van der Waals surface area contributed by atoms with Crippen LogP contribution in [0.25, 0.3) is 0 Å². The van der Waals surface area contributed by atoms with Gasteiger partial charge in [0.05, 0.1) is 16.7 Å². The van der Waals surface area contributed by atoms with Crippen molar-refractivity contribution < 1.29 is 19.1 Å². The van der Waals surface area contributed by atoms with Crippen LogP contribution >= 0.6 is 23.5 Å². The van der Waals surface area contributed by atoms with E-state index in [1.807, 2.05) is 66.0 Å². The monoisotopic (exact) mass is 417 g/mol. The van der Waals surface area contributed by atoms with Gasteiger partial charge in [0.15, 0.2) is 6.61 Å². The van der Waals surface area contributed by atoms with Gasteiger partial charge in [-0.25, -0.2) is 4.79 Å². The third-order valence-corrected chi connectivity index (χ3v) is 7.03. The fourth-order valence-electron chi connectivity index (χ4n) is 2.60. The molecule has 5 nitrogen and oxygen atoms in total. The molecule has 7 heteroatoms. The predicted octanol–water partition coefficient (Wildman–Crippen LogP) is 3.91. The number of hydrogen-bond acceptors (Lipinski definition) is 6. The van der Waals surface area contributed by atoms with Crippen LogP contribution in [0.4, 0.5) is 0 Å². The Morgan fingerprint density at radius 1 is 1.00 bits per heavy atom. The van der Waals surface area contributed by atoms with E-state index >= 15 is 0 Å². The first-order valence-electron chi connectivity index (χ1n) is 9.17. The number of thioether (sulfide) groups is 2. The van der Waals surface area contributed by atoms with E-state index in [2.05, 4.69) is 5.32 Å². The van der Waals surface area contributed by atoms with Gasteiger partial charge >= 0.3 is 5.97 Å². The van der Waals surface area contributed by atoms with E-state index in [0.29, 0.717) is 23.3 Å². The fourth-order valence-corrected chi connectivity index (χ4v) is 5.49. The number of hydrogen-bond donors (Lipinski definition) is 1. The van der Waals surface area contributed by atoms with Gasteiger partial charge in [0.2, 0.25) is 0 Å². The number of esters is 1. The Bertz CT molecular complexity index is 762. The third kappa shape index (κ3) is 6.49. The zero-order valence-electron chi connectivity index (χ0n) is 15.5. The molecule has 1 heterocycles. The van der Waals surface area contributed by atoms with Crippen LogP contribution in [0.1, 0.15) is 26.9 Å². The summed E-state index contributed by atoms with van der Waals surface area (Å²) >= 11 is 3.87. The number of benzene rings is 2. The van der Waals surface area contributed by atoms with Gasteiger partial charge in [0.25, 0.3) is 5.91 Å². The summed E-state index contributed by atoms with van der Waals surface area (Å²) in [5, 5.41) is 2.67. The molecule has 148 valence electrons. The second kappa shape index (κ2) is 11.0. The summed E-state index contributed by atoms with van der Waals surface area (Å²) in [4.78, 5) is 23.9. The van der Waals surface area contributed by atoms with Crippen LogP contribution in [0, 0.1) is 0 Å². The van der Waals surface area contributed by atoms with Crippen LogP contribution in [0.15, 0.2) is 54.6 Å². The first-order valence-corrected chi connectivity index (χ1v) is 11.3. The number of nitrogens with one attached hydrogen (secondary N) is 1. The lowest BCUT2D eigenvalue weighted by atomic mass is 10.1. The van der Waals surface area contributed by atoms with Gasteiger partial charge in [-0.15, -0.1) is 23.5 Å². The lowest BCUT2D eigenvalue weighted by molar-refractivity contribution is -0.124. The quantitative estimate of drug-likeness (QED) is 0.519. The van der Waals surface area contributed by atoms with Crippen LogP contribution in [0.5, 0.6) is 5.75 Å². The van der Waals surface area contributed by atoms with E-state index in [9.17, 15) is 9.59 Å². The largest absolute Gasteiger partial charge is 0.492 e. The first-order chi connectivity index (χ1) is 13.7. The number of para-hydroxylation sites is 1. The molecule has 2 aromatic rings. The summed E-state index contributed by atoms with van der Waals surface area (Å²) in [6.07, 6.45) is 1.25. The van der Waals surface area contributed by atoms with Gasteiger partial charge in [0.1, 0.15) is 12.4 Å².